The van der Waals surface area contributed by atoms with Crippen LogP contribution in [0.5, 0.6) is 0 Å². The fraction of sp³-hybridized carbons (Fsp3) is 0.333. The summed E-state index contributed by atoms with van der Waals surface area (Å²) in [7, 11) is 4.25. The van der Waals surface area contributed by atoms with Gasteiger partial charge in [0.05, 0.1) is 0 Å². The number of hydrogen-bond acceptors (Lipinski definition) is 1. The topological polar surface area (TPSA) is 3.24 Å². The van der Waals surface area contributed by atoms with Crippen LogP contribution in [0.15, 0.2) is 54.6 Å². The Morgan fingerprint density at radius 3 is 1.88 bits per heavy atom. The van der Waals surface area contributed by atoms with Crippen LogP contribution >= 0.6 is 0 Å². The molecule has 0 heterocycles. The third-order valence-electron chi connectivity index (χ3n) is 2.64. The average molecular weight is 316 g/mol. The van der Waals surface area contributed by atoms with Gasteiger partial charge in [-0.05, 0) is 26.6 Å². The Kier molecular flexibility index (Phi) is 8.93. The van der Waals surface area contributed by atoms with Gasteiger partial charge in [0.15, 0.2) is 0 Å². The van der Waals surface area contributed by atoms with E-state index in [0.717, 1.165) is 0 Å². The van der Waals surface area contributed by atoms with Gasteiger partial charge >= 0.3 is 19.5 Å². The molecule has 2 heteroatoms. The van der Waals surface area contributed by atoms with Crippen molar-refractivity contribution in [2.45, 2.75) is 19.4 Å². The molecule has 0 saturated carbocycles. The van der Waals surface area contributed by atoms with Crippen molar-refractivity contribution in [3.63, 3.8) is 0 Å². The van der Waals surface area contributed by atoms with E-state index in [2.05, 4.69) is 50.2 Å². The Bertz CT molecular complexity index is 318. The molecule has 0 unspecified atom stereocenters. The predicted octanol–water partition coefficient (Wildman–Crippen LogP) is 3.82. The largest absolute Gasteiger partial charge is 2.00 e. The summed E-state index contributed by atoms with van der Waals surface area (Å²) >= 11 is 0. The first-order valence-electron chi connectivity index (χ1n) is 5.80. The van der Waals surface area contributed by atoms with Crippen molar-refractivity contribution in [1.29, 1.82) is 0 Å². The van der Waals surface area contributed by atoms with Crippen LogP contribution in [-0.2, 0) is 19.5 Å². The third kappa shape index (κ3) is 5.95. The van der Waals surface area contributed by atoms with Crippen LogP contribution < -0.4 is 0 Å². The minimum absolute atomic E-state index is 0. The van der Waals surface area contributed by atoms with Gasteiger partial charge in [-0.25, -0.2) is 24.3 Å². The monoisotopic (exact) mass is 317 g/mol. The van der Waals surface area contributed by atoms with E-state index in [1.54, 1.807) is 0 Å². The minimum atomic E-state index is 0. The van der Waals surface area contributed by atoms with Gasteiger partial charge in [0.25, 0.3) is 0 Å². The fourth-order valence-electron chi connectivity index (χ4n) is 1.83. The first kappa shape index (κ1) is 16.3. The summed E-state index contributed by atoms with van der Waals surface area (Å²) in [5, 5.41) is 0. The van der Waals surface area contributed by atoms with E-state index >= 15 is 0 Å². The number of nitrogens with zero attached hydrogens (tertiary/aromatic N) is 1. The second kappa shape index (κ2) is 9.33. The van der Waals surface area contributed by atoms with Crippen LogP contribution in [0.1, 0.15) is 24.9 Å². The van der Waals surface area contributed by atoms with Gasteiger partial charge in [0, 0.05) is 0 Å². The maximum Gasteiger partial charge on any atom is 2.00 e. The molecular weight excluding hydrogens is 295 g/mol. The molecule has 17 heavy (non-hydrogen) atoms. The molecular formula is C15H21NRu. The van der Waals surface area contributed by atoms with Crippen molar-refractivity contribution in [2.24, 2.45) is 0 Å². The average Bonchev–Trinajstić information content (AvgIpc) is 2.94. The first-order chi connectivity index (χ1) is 7.75. The normalized spacial score (nSPS) is 11.3. The SMILES string of the molecule is CC[C@H]([c-]1cccc1)N(C)C.[Ru+2].c1cc[cH-]c1. The summed E-state index contributed by atoms with van der Waals surface area (Å²) in [6.07, 6.45) is 1.18. The van der Waals surface area contributed by atoms with Crippen LogP contribution in [-0.4, -0.2) is 19.0 Å². The molecule has 2 aromatic rings. The van der Waals surface area contributed by atoms with Gasteiger partial charge in [-0.15, -0.1) is 5.56 Å². The molecule has 0 N–H and O–H groups in total. The quantitative estimate of drug-likeness (QED) is 0.614. The Morgan fingerprint density at radius 2 is 1.59 bits per heavy atom. The zero-order valence-corrected chi connectivity index (χ0v) is 12.5. The van der Waals surface area contributed by atoms with Crippen LogP contribution in [0.25, 0.3) is 0 Å². The number of hydrogen-bond donors (Lipinski definition) is 0. The summed E-state index contributed by atoms with van der Waals surface area (Å²) in [6, 6.07) is 19.2. The van der Waals surface area contributed by atoms with E-state index in [1.807, 2.05) is 30.3 Å². The van der Waals surface area contributed by atoms with Gasteiger partial charge in [-0.3, -0.25) is 0 Å². The molecule has 1 nitrogen and oxygen atoms in total. The molecule has 94 valence electrons. The zero-order chi connectivity index (χ0) is 11.8. The maximum atomic E-state index is 2.26. The van der Waals surface area contributed by atoms with E-state index in [9.17, 15) is 0 Å². The molecule has 0 aliphatic heterocycles. The van der Waals surface area contributed by atoms with Crippen LogP contribution in [0, 0.1) is 0 Å². The Labute approximate surface area is 118 Å². The molecule has 2 aromatic carbocycles. The Balaban J connectivity index is 0.000000360. The van der Waals surface area contributed by atoms with Crippen LogP contribution in [0.3, 0.4) is 0 Å². The van der Waals surface area contributed by atoms with Crippen LogP contribution in [0.2, 0.25) is 0 Å². The molecule has 0 fully saturated rings. The fourth-order valence-corrected chi connectivity index (χ4v) is 1.83. The molecule has 0 bridgehead atoms. The van der Waals surface area contributed by atoms with Crippen molar-refractivity contribution in [2.75, 3.05) is 14.1 Å². The van der Waals surface area contributed by atoms with Gasteiger partial charge in [-0.2, -0.15) is 30.3 Å². The third-order valence-corrected chi connectivity index (χ3v) is 2.64. The second-order valence-electron chi connectivity index (χ2n) is 4.07. The summed E-state index contributed by atoms with van der Waals surface area (Å²) in [4.78, 5) is 2.26. The van der Waals surface area contributed by atoms with Crippen molar-refractivity contribution in [3.05, 3.63) is 60.2 Å². The zero-order valence-electron chi connectivity index (χ0n) is 10.8. The van der Waals surface area contributed by atoms with Crippen molar-refractivity contribution < 1.29 is 19.5 Å². The molecule has 0 aliphatic carbocycles. The summed E-state index contributed by atoms with van der Waals surface area (Å²) in [6.45, 7) is 2.22. The summed E-state index contributed by atoms with van der Waals surface area (Å²) in [5.41, 5.74) is 1.43. The molecule has 0 amide bonds. The van der Waals surface area contributed by atoms with E-state index in [-0.39, 0.29) is 19.5 Å². The molecule has 2 rings (SSSR count). The van der Waals surface area contributed by atoms with E-state index in [0.29, 0.717) is 6.04 Å². The van der Waals surface area contributed by atoms with E-state index in [4.69, 9.17) is 0 Å². The number of rotatable bonds is 3. The summed E-state index contributed by atoms with van der Waals surface area (Å²) < 4.78 is 0. The van der Waals surface area contributed by atoms with Gasteiger partial charge in [0.2, 0.25) is 0 Å². The van der Waals surface area contributed by atoms with Crippen molar-refractivity contribution in [3.8, 4) is 0 Å². The van der Waals surface area contributed by atoms with E-state index in [1.165, 1.54) is 12.0 Å². The first-order valence-corrected chi connectivity index (χ1v) is 5.80. The van der Waals surface area contributed by atoms with Crippen molar-refractivity contribution >= 4 is 0 Å². The maximum absolute atomic E-state index is 2.26. The summed E-state index contributed by atoms with van der Waals surface area (Å²) in [5.74, 6) is 0. The Hall–Kier alpha value is -0.717. The Morgan fingerprint density at radius 1 is 1.06 bits per heavy atom. The van der Waals surface area contributed by atoms with E-state index < -0.39 is 0 Å². The van der Waals surface area contributed by atoms with Gasteiger partial charge in [0.1, 0.15) is 0 Å². The molecule has 1 atom stereocenters. The molecule has 0 spiro atoms. The predicted molar refractivity (Wildman–Crippen MR) is 70.8 cm³/mol. The molecule has 0 saturated heterocycles. The molecule has 0 aliphatic rings. The smallest absolute Gasteiger partial charge is 0.313 e. The van der Waals surface area contributed by atoms with Gasteiger partial charge in [-0.1, -0.05) is 6.92 Å². The second-order valence-corrected chi connectivity index (χ2v) is 4.07. The molecule has 0 radical (unpaired) electrons. The van der Waals surface area contributed by atoms with Gasteiger partial charge < -0.3 is 4.90 Å². The minimum Gasteiger partial charge on any atom is -0.313 e. The molecule has 0 aromatic heterocycles. The van der Waals surface area contributed by atoms with Crippen LogP contribution in [0.4, 0.5) is 0 Å². The van der Waals surface area contributed by atoms with Crippen molar-refractivity contribution in [1.82, 2.24) is 4.90 Å². The standard InChI is InChI=1S/C10H16N.C5H5.Ru/c1-4-10(11(2)3)9-7-5-6-8-9;1-2-4-5-3-1;/h5-8,10H,4H2,1-3H3;1-5H;/q2*-1;+2/t10-;;/m1../s1.